The maximum absolute atomic E-state index is 5.60. The first kappa shape index (κ1) is 11.4. The predicted octanol–water partition coefficient (Wildman–Crippen LogP) is 3.58. The summed E-state index contributed by atoms with van der Waals surface area (Å²) in [4.78, 5) is 0. The summed E-state index contributed by atoms with van der Waals surface area (Å²) in [5, 5.41) is 7.75. The van der Waals surface area contributed by atoms with Crippen LogP contribution in [0.15, 0.2) is 21.2 Å². The Kier molecular flexibility index (Phi) is 3.17. The molecule has 0 saturated heterocycles. The summed E-state index contributed by atoms with van der Waals surface area (Å²) in [7, 11) is 1.99. The molecule has 2 aromatic rings. The average Bonchev–Trinajstić information content (AvgIpc) is 2.77. The largest absolute Gasteiger partial charge is 0.466 e. The summed E-state index contributed by atoms with van der Waals surface area (Å²) >= 11 is 1.75. The Balaban J connectivity index is 2.44. The van der Waals surface area contributed by atoms with Crippen LogP contribution in [0, 0.1) is 20.8 Å². The number of hydrogen-bond donors (Lipinski definition) is 1. The van der Waals surface area contributed by atoms with Gasteiger partial charge in [0.2, 0.25) is 0 Å². The van der Waals surface area contributed by atoms with Crippen LogP contribution in [0.1, 0.15) is 34.3 Å². The van der Waals surface area contributed by atoms with E-state index in [4.69, 9.17) is 4.42 Å². The molecule has 16 heavy (non-hydrogen) atoms. The van der Waals surface area contributed by atoms with Gasteiger partial charge in [-0.25, -0.2) is 0 Å². The molecule has 0 bridgehead atoms. The number of furan rings is 1. The minimum atomic E-state index is 0.240. The van der Waals surface area contributed by atoms with E-state index in [-0.39, 0.29) is 6.04 Å². The molecule has 1 atom stereocenters. The molecule has 2 rings (SSSR count). The van der Waals surface area contributed by atoms with Crippen molar-refractivity contribution < 1.29 is 4.42 Å². The van der Waals surface area contributed by atoms with Crippen LogP contribution in [0.2, 0.25) is 0 Å². The number of hydrogen-bond acceptors (Lipinski definition) is 3. The van der Waals surface area contributed by atoms with Gasteiger partial charge < -0.3 is 9.73 Å². The molecule has 0 aromatic carbocycles. The third-order valence-electron chi connectivity index (χ3n) is 2.89. The smallest absolute Gasteiger partial charge is 0.106 e. The van der Waals surface area contributed by atoms with Crippen LogP contribution >= 0.6 is 11.3 Å². The van der Waals surface area contributed by atoms with Crippen molar-refractivity contribution >= 4 is 11.3 Å². The number of thiophene rings is 1. The van der Waals surface area contributed by atoms with E-state index in [1.165, 1.54) is 16.7 Å². The van der Waals surface area contributed by atoms with Crippen LogP contribution in [0.5, 0.6) is 0 Å². The van der Waals surface area contributed by atoms with Gasteiger partial charge in [-0.2, -0.15) is 11.3 Å². The Morgan fingerprint density at radius 3 is 2.38 bits per heavy atom. The van der Waals surface area contributed by atoms with Crippen molar-refractivity contribution in [3.05, 3.63) is 45.0 Å². The summed E-state index contributed by atoms with van der Waals surface area (Å²) in [6, 6.07) is 2.36. The van der Waals surface area contributed by atoms with E-state index in [1.807, 2.05) is 20.9 Å². The van der Waals surface area contributed by atoms with Gasteiger partial charge >= 0.3 is 0 Å². The summed E-state index contributed by atoms with van der Waals surface area (Å²) in [5.74, 6) is 1.98. The van der Waals surface area contributed by atoms with Crippen molar-refractivity contribution in [3.8, 4) is 0 Å². The number of nitrogens with one attached hydrogen (secondary N) is 1. The first-order valence-electron chi connectivity index (χ1n) is 5.40. The number of aryl methyl sites for hydroxylation is 3. The minimum absolute atomic E-state index is 0.240. The molecule has 0 saturated carbocycles. The van der Waals surface area contributed by atoms with Crippen LogP contribution < -0.4 is 5.32 Å². The predicted molar refractivity (Wildman–Crippen MR) is 68.1 cm³/mol. The van der Waals surface area contributed by atoms with Crippen LogP contribution in [0.4, 0.5) is 0 Å². The van der Waals surface area contributed by atoms with E-state index in [0.717, 1.165) is 11.5 Å². The van der Waals surface area contributed by atoms with E-state index in [2.05, 4.69) is 29.1 Å². The second kappa shape index (κ2) is 4.44. The van der Waals surface area contributed by atoms with Crippen LogP contribution in [0.3, 0.4) is 0 Å². The van der Waals surface area contributed by atoms with Gasteiger partial charge in [-0.1, -0.05) is 0 Å². The molecule has 0 radical (unpaired) electrons. The van der Waals surface area contributed by atoms with Crippen LogP contribution in [-0.2, 0) is 0 Å². The SMILES string of the molecule is CNC(c1cscc1C)c1cc(C)oc1C. The second-order valence-corrected chi connectivity index (χ2v) is 4.84. The molecule has 2 heterocycles. The van der Waals surface area contributed by atoms with E-state index in [0.29, 0.717) is 0 Å². The average molecular weight is 235 g/mol. The monoisotopic (exact) mass is 235 g/mol. The molecule has 2 aromatic heterocycles. The van der Waals surface area contributed by atoms with E-state index in [1.54, 1.807) is 11.3 Å². The minimum Gasteiger partial charge on any atom is -0.466 e. The van der Waals surface area contributed by atoms with Crippen molar-refractivity contribution in [3.63, 3.8) is 0 Å². The third-order valence-corrected chi connectivity index (χ3v) is 3.76. The summed E-state index contributed by atoms with van der Waals surface area (Å²) < 4.78 is 5.60. The molecule has 86 valence electrons. The van der Waals surface area contributed by atoms with Gasteiger partial charge in [0.05, 0.1) is 6.04 Å². The van der Waals surface area contributed by atoms with Crippen LogP contribution in [-0.4, -0.2) is 7.05 Å². The molecule has 0 aliphatic carbocycles. The van der Waals surface area contributed by atoms with Gasteiger partial charge in [-0.15, -0.1) is 0 Å². The lowest BCUT2D eigenvalue weighted by molar-refractivity contribution is 0.497. The third kappa shape index (κ3) is 1.93. The van der Waals surface area contributed by atoms with Gasteiger partial charge in [-0.3, -0.25) is 0 Å². The summed E-state index contributed by atoms with van der Waals surface area (Å²) in [6.45, 7) is 6.16. The second-order valence-electron chi connectivity index (χ2n) is 4.10. The Morgan fingerprint density at radius 1 is 1.19 bits per heavy atom. The number of rotatable bonds is 3. The molecule has 0 spiro atoms. The Hall–Kier alpha value is -1.06. The fourth-order valence-electron chi connectivity index (χ4n) is 2.08. The van der Waals surface area contributed by atoms with Gasteiger partial charge in [0, 0.05) is 5.56 Å². The zero-order chi connectivity index (χ0) is 11.7. The standard InChI is InChI=1S/C13H17NOS/c1-8-6-16-7-12(8)13(14-4)11-5-9(2)15-10(11)3/h5-7,13-14H,1-4H3. The molecule has 0 amide bonds. The van der Waals surface area contributed by atoms with Gasteiger partial charge in [-0.05, 0) is 55.8 Å². The normalized spacial score (nSPS) is 13.0. The summed E-state index contributed by atoms with van der Waals surface area (Å²) in [6.07, 6.45) is 0. The Bertz CT molecular complexity index is 484. The highest BCUT2D eigenvalue weighted by molar-refractivity contribution is 7.08. The maximum atomic E-state index is 5.60. The molecule has 1 unspecified atom stereocenters. The molecule has 2 nitrogen and oxygen atoms in total. The van der Waals surface area contributed by atoms with Crippen molar-refractivity contribution in [2.75, 3.05) is 7.05 Å². The quantitative estimate of drug-likeness (QED) is 0.879. The lowest BCUT2D eigenvalue weighted by Gasteiger charge is -2.15. The van der Waals surface area contributed by atoms with Gasteiger partial charge in [0.15, 0.2) is 0 Å². The highest BCUT2D eigenvalue weighted by Crippen LogP contribution is 2.30. The fourth-order valence-corrected chi connectivity index (χ4v) is 2.96. The molecular weight excluding hydrogens is 218 g/mol. The topological polar surface area (TPSA) is 25.2 Å². The van der Waals surface area contributed by atoms with Crippen molar-refractivity contribution in [2.45, 2.75) is 26.8 Å². The molecular formula is C13H17NOS. The molecule has 3 heteroatoms. The summed E-state index contributed by atoms with van der Waals surface area (Å²) in [5.41, 5.74) is 3.92. The molecule has 1 N–H and O–H groups in total. The maximum Gasteiger partial charge on any atom is 0.106 e. The van der Waals surface area contributed by atoms with Gasteiger partial charge in [0.1, 0.15) is 11.5 Å². The Labute approximate surface area is 100 Å². The first-order chi connectivity index (χ1) is 7.63. The van der Waals surface area contributed by atoms with Crippen LogP contribution in [0.25, 0.3) is 0 Å². The van der Waals surface area contributed by atoms with Gasteiger partial charge in [0.25, 0.3) is 0 Å². The fraction of sp³-hybridized carbons (Fsp3) is 0.385. The van der Waals surface area contributed by atoms with Crippen molar-refractivity contribution in [1.29, 1.82) is 0 Å². The molecule has 0 fully saturated rings. The highest BCUT2D eigenvalue weighted by Gasteiger charge is 2.19. The molecule has 0 aliphatic heterocycles. The van der Waals surface area contributed by atoms with Crippen molar-refractivity contribution in [1.82, 2.24) is 5.32 Å². The zero-order valence-electron chi connectivity index (χ0n) is 10.1. The van der Waals surface area contributed by atoms with E-state index < -0.39 is 0 Å². The first-order valence-corrected chi connectivity index (χ1v) is 6.34. The van der Waals surface area contributed by atoms with E-state index >= 15 is 0 Å². The lowest BCUT2D eigenvalue weighted by Crippen LogP contribution is -2.18. The molecule has 0 aliphatic rings. The zero-order valence-corrected chi connectivity index (χ0v) is 10.9. The van der Waals surface area contributed by atoms with E-state index in [9.17, 15) is 0 Å². The highest BCUT2D eigenvalue weighted by atomic mass is 32.1. The van der Waals surface area contributed by atoms with Crippen molar-refractivity contribution in [2.24, 2.45) is 0 Å². The lowest BCUT2D eigenvalue weighted by atomic mass is 9.99. The Morgan fingerprint density at radius 2 is 1.94 bits per heavy atom.